The number of ether oxygens (including phenoxy) is 1. The van der Waals surface area contributed by atoms with Gasteiger partial charge in [0.25, 0.3) is 0 Å². The summed E-state index contributed by atoms with van der Waals surface area (Å²) in [5, 5.41) is 3.08. The molecule has 1 N–H and O–H groups in total. The molecule has 0 aromatic carbocycles. The van der Waals surface area contributed by atoms with Crippen molar-refractivity contribution in [1.82, 2.24) is 30.2 Å². The zero-order chi connectivity index (χ0) is 19.6. The van der Waals surface area contributed by atoms with Gasteiger partial charge in [-0.05, 0) is 25.5 Å². The highest BCUT2D eigenvalue weighted by atomic mass is 35.5. The Balaban J connectivity index is 0.00000240. The van der Waals surface area contributed by atoms with Crippen LogP contribution in [0.15, 0.2) is 30.9 Å². The van der Waals surface area contributed by atoms with E-state index in [1.807, 2.05) is 19.0 Å². The van der Waals surface area contributed by atoms with Crippen molar-refractivity contribution in [2.45, 2.75) is 18.5 Å². The van der Waals surface area contributed by atoms with E-state index < -0.39 is 5.67 Å². The van der Waals surface area contributed by atoms with Crippen molar-refractivity contribution in [3.05, 3.63) is 30.9 Å². The molecule has 154 valence electrons. The van der Waals surface area contributed by atoms with Gasteiger partial charge in [-0.3, -0.25) is 4.98 Å². The highest BCUT2D eigenvalue weighted by molar-refractivity contribution is 5.85. The third-order valence-electron chi connectivity index (χ3n) is 4.65. The van der Waals surface area contributed by atoms with E-state index in [2.05, 4.69) is 30.2 Å². The number of aromatic nitrogens is 5. The SMILES string of the molecule is CN(C)c1ncc(-c2cc3nccnc3c(OCC3(F)CCCNC3)n2)cn1.Cl. The lowest BCUT2D eigenvalue weighted by molar-refractivity contribution is 0.0580. The summed E-state index contributed by atoms with van der Waals surface area (Å²) in [6, 6.07) is 1.80. The topological polar surface area (TPSA) is 89.0 Å². The molecule has 0 bridgehead atoms. The van der Waals surface area contributed by atoms with Gasteiger partial charge < -0.3 is 15.0 Å². The number of hydrogen-bond acceptors (Lipinski definition) is 8. The van der Waals surface area contributed by atoms with Crippen LogP contribution in [0.4, 0.5) is 10.3 Å². The molecule has 0 saturated carbocycles. The van der Waals surface area contributed by atoms with E-state index in [1.54, 1.807) is 30.9 Å². The van der Waals surface area contributed by atoms with Gasteiger partial charge in [0.1, 0.15) is 6.61 Å². The van der Waals surface area contributed by atoms with Gasteiger partial charge in [-0.15, -0.1) is 12.4 Å². The molecule has 1 aliphatic heterocycles. The fourth-order valence-electron chi connectivity index (χ4n) is 3.13. The summed E-state index contributed by atoms with van der Waals surface area (Å²) < 4.78 is 20.7. The number of anilines is 1. The molecule has 0 aliphatic carbocycles. The number of alkyl halides is 1. The van der Waals surface area contributed by atoms with E-state index in [0.717, 1.165) is 18.5 Å². The van der Waals surface area contributed by atoms with Gasteiger partial charge >= 0.3 is 0 Å². The lowest BCUT2D eigenvalue weighted by atomic mass is 9.97. The Bertz CT molecular complexity index is 964. The average molecular weight is 420 g/mol. The number of fused-ring (bicyclic) bond motifs is 1. The first-order valence-electron chi connectivity index (χ1n) is 9.18. The predicted molar refractivity (Wildman–Crippen MR) is 111 cm³/mol. The Morgan fingerprint density at radius 1 is 1.17 bits per heavy atom. The molecule has 0 amide bonds. The molecule has 29 heavy (non-hydrogen) atoms. The molecule has 1 atom stereocenters. The average Bonchev–Trinajstić information content (AvgIpc) is 2.72. The number of pyridine rings is 1. The molecule has 0 spiro atoms. The van der Waals surface area contributed by atoms with Crippen LogP contribution in [0.1, 0.15) is 12.8 Å². The van der Waals surface area contributed by atoms with Gasteiger partial charge in [0.15, 0.2) is 11.2 Å². The fourth-order valence-corrected chi connectivity index (χ4v) is 3.13. The van der Waals surface area contributed by atoms with Gasteiger partial charge in [0.05, 0.1) is 11.2 Å². The van der Waals surface area contributed by atoms with Crippen molar-refractivity contribution in [1.29, 1.82) is 0 Å². The standard InChI is InChI=1S/C19H22FN7O.ClH/c1-27(2)18-24-9-13(10-25-18)14-8-15-16(23-7-6-22-15)17(26-14)28-12-19(20)4-3-5-21-11-19;/h6-10,21H,3-5,11-12H2,1-2H3;1H. The summed E-state index contributed by atoms with van der Waals surface area (Å²) in [6.07, 6.45) is 7.80. The molecule has 10 heteroatoms. The second-order valence-electron chi connectivity index (χ2n) is 7.12. The predicted octanol–water partition coefficient (Wildman–Crippen LogP) is 2.44. The van der Waals surface area contributed by atoms with Crippen LogP contribution in [0.25, 0.3) is 22.3 Å². The molecular weight excluding hydrogens is 397 g/mol. The Morgan fingerprint density at radius 3 is 2.62 bits per heavy atom. The van der Waals surface area contributed by atoms with Crippen LogP contribution < -0.4 is 15.0 Å². The van der Waals surface area contributed by atoms with Crippen molar-refractivity contribution in [2.24, 2.45) is 0 Å². The molecular formula is C19H23ClFN7O. The van der Waals surface area contributed by atoms with Crippen LogP contribution in [0.5, 0.6) is 5.88 Å². The first kappa shape index (κ1) is 21.1. The minimum Gasteiger partial charge on any atom is -0.473 e. The van der Waals surface area contributed by atoms with Crippen molar-refractivity contribution in [3.8, 4) is 17.1 Å². The molecule has 8 nitrogen and oxygen atoms in total. The quantitative estimate of drug-likeness (QED) is 0.674. The first-order chi connectivity index (χ1) is 13.5. The zero-order valence-electron chi connectivity index (χ0n) is 16.3. The number of nitrogens with one attached hydrogen (secondary N) is 1. The molecule has 1 unspecified atom stereocenters. The van der Waals surface area contributed by atoms with Gasteiger partial charge in [0.2, 0.25) is 11.8 Å². The summed E-state index contributed by atoms with van der Waals surface area (Å²) >= 11 is 0. The summed E-state index contributed by atoms with van der Waals surface area (Å²) in [5.74, 6) is 0.866. The van der Waals surface area contributed by atoms with E-state index in [1.165, 1.54) is 0 Å². The third-order valence-corrected chi connectivity index (χ3v) is 4.65. The Morgan fingerprint density at radius 2 is 1.93 bits per heavy atom. The molecule has 0 radical (unpaired) electrons. The normalized spacial score (nSPS) is 18.9. The Labute approximate surface area is 174 Å². The molecule has 3 aromatic heterocycles. The van der Waals surface area contributed by atoms with Gasteiger partial charge in [-0.1, -0.05) is 0 Å². The van der Waals surface area contributed by atoms with Gasteiger partial charge in [-0.25, -0.2) is 24.3 Å². The maximum Gasteiger partial charge on any atom is 0.242 e. The van der Waals surface area contributed by atoms with E-state index in [4.69, 9.17) is 4.74 Å². The van der Waals surface area contributed by atoms with Crippen LogP contribution in [0.3, 0.4) is 0 Å². The molecule has 1 aliphatic rings. The summed E-state index contributed by atoms with van der Waals surface area (Å²) in [6.45, 7) is 1.02. The minimum absolute atomic E-state index is 0. The Kier molecular flexibility index (Phi) is 6.39. The second-order valence-corrected chi connectivity index (χ2v) is 7.12. The highest BCUT2D eigenvalue weighted by Gasteiger charge is 2.33. The van der Waals surface area contributed by atoms with E-state index in [0.29, 0.717) is 29.1 Å². The smallest absolute Gasteiger partial charge is 0.242 e. The van der Waals surface area contributed by atoms with Crippen molar-refractivity contribution >= 4 is 29.4 Å². The molecule has 1 saturated heterocycles. The lowest BCUT2D eigenvalue weighted by Gasteiger charge is -2.29. The number of rotatable bonds is 5. The maximum atomic E-state index is 14.9. The highest BCUT2D eigenvalue weighted by Crippen LogP contribution is 2.28. The monoisotopic (exact) mass is 419 g/mol. The summed E-state index contributed by atoms with van der Waals surface area (Å²) in [7, 11) is 3.75. The van der Waals surface area contributed by atoms with E-state index in [-0.39, 0.29) is 31.4 Å². The lowest BCUT2D eigenvalue weighted by Crippen LogP contribution is -2.46. The zero-order valence-corrected chi connectivity index (χ0v) is 17.1. The largest absolute Gasteiger partial charge is 0.473 e. The van der Waals surface area contributed by atoms with E-state index in [9.17, 15) is 4.39 Å². The van der Waals surface area contributed by atoms with Crippen LogP contribution >= 0.6 is 12.4 Å². The van der Waals surface area contributed by atoms with Gasteiger partial charge in [0, 0.05) is 51.0 Å². The van der Waals surface area contributed by atoms with Crippen LogP contribution in [0.2, 0.25) is 0 Å². The van der Waals surface area contributed by atoms with Crippen molar-refractivity contribution in [3.63, 3.8) is 0 Å². The molecule has 4 heterocycles. The maximum absolute atomic E-state index is 14.9. The number of nitrogens with zero attached hydrogens (tertiary/aromatic N) is 6. The number of halogens is 2. The van der Waals surface area contributed by atoms with E-state index >= 15 is 0 Å². The van der Waals surface area contributed by atoms with Crippen LogP contribution in [-0.2, 0) is 0 Å². The molecule has 4 rings (SSSR count). The summed E-state index contributed by atoms with van der Waals surface area (Å²) in [5.41, 5.74) is 1.03. The number of piperidine rings is 1. The Hall–Kier alpha value is -2.65. The van der Waals surface area contributed by atoms with Crippen LogP contribution in [0, 0.1) is 0 Å². The fraction of sp³-hybridized carbons (Fsp3) is 0.421. The molecule has 3 aromatic rings. The molecule has 1 fully saturated rings. The third kappa shape index (κ3) is 4.68. The van der Waals surface area contributed by atoms with Crippen molar-refractivity contribution in [2.75, 3.05) is 38.7 Å². The minimum atomic E-state index is -1.42. The first-order valence-corrected chi connectivity index (χ1v) is 9.18. The number of hydrogen-bond donors (Lipinski definition) is 1. The van der Waals surface area contributed by atoms with Crippen LogP contribution in [-0.4, -0.2) is 64.4 Å². The summed E-state index contributed by atoms with van der Waals surface area (Å²) in [4.78, 5) is 23.7. The second kappa shape index (κ2) is 8.79. The van der Waals surface area contributed by atoms with Gasteiger partial charge in [-0.2, -0.15) is 0 Å². The van der Waals surface area contributed by atoms with Crippen molar-refractivity contribution < 1.29 is 9.13 Å².